The van der Waals surface area contributed by atoms with Crippen LogP contribution in [0.3, 0.4) is 0 Å². The van der Waals surface area contributed by atoms with Crippen LogP contribution in [0.25, 0.3) is 0 Å². The van der Waals surface area contributed by atoms with E-state index in [0.717, 1.165) is 18.7 Å². The molecular weight excluding hydrogens is 272 g/mol. The number of hydrogen-bond donors (Lipinski definition) is 2. The van der Waals surface area contributed by atoms with Gasteiger partial charge >= 0.3 is 0 Å². The molecule has 1 heterocycles. The van der Waals surface area contributed by atoms with Crippen molar-refractivity contribution in [3.63, 3.8) is 0 Å². The molecule has 1 fully saturated rings. The summed E-state index contributed by atoms with van der Waals surface area (Å²) >= 11 is 0. The number of carbonyl (C=O) groups excluding carboxylic acids is 1. The minimum absolute atomic E-state index is 0. The van der Waals surface area contributed by atoms with Gasteiger partial charge < -0.3 is 10.6 Å². The molecule has 1 aliphatic heterocycles. The Kier molecular flexibility index (Phi) is 6.50. The van der Waals surface area contributed by atoms with Gasteiger partial charge in [-0.15, -0.1) is 12.4 Å². The molecule has 1 saturated heterocycles. The second-order valence-electron chi connectivity index (χ2n) is 5.82. The number of rotatable bonds is 5. The first-order chi connectivity index (χ1) is 9.08. The van der Waals surface area contributed by atoms with Gasteiger partial charge in [0.2, 0.25) is 5.91 Å². The lowest BCUT2D eigenvalue weighted by Gasteiger charge is -2.31. The van der Waals surface area contributed by atoms with Gasteiger partial charge in [-0.05, 0) is 36.1 Å². The van der Waals surface area contributed by atoms with E-state index < -0.39 is 0 Å². The normalized spacial score (nSPS) is 16.2. The van der Waals surface area contributed by atoms with E-state index >= 15 is 0 Å². The molecule has 0 bridgehead atoms. The van der Waals surface area contributed by atoms with Crippen molar-refractivity contribution in [1.29, 1.82) is 0 Å². The Balaban J connectivity index is 0.00000200. The molecule has 1 atom stereocenters. The van der Waals surface area contributed by atoms with E-state index in [1.165, 1.54) is 5.56 Å². The van der Waals surface area contributed by atoms with Gasteiger partial charge in [0, 0.05) is 12.5 Å². The van der Waals surface area contributed by atoms with Crippen LogP contribution in [0.15, 0.2) is 24.3 Å². The predicted molar refractivity (Wildman–Crippen MR) is 85.1 cm³/mol. The van der Waals surface area contributed by atoms with Crippen molar-refractivity contribution >= 4 is 18.3 Å². The van der Waals surface area contributed by atoms with Gasteiger partial charge in [0.05, 0.1) is 0 Å². The predicted octanol–water partition coefficient (Wildman–Crippen LogP) is 2.70. The quantitative estimate of drug-likeness (QED) is 0.877. The summed E-state index contributed by atoms with van der Waals surface area (Å²) in [6.07, 6.45) is 0. The van der Waals surface area contributed by atoms with Crippen LogP contribution in [-0.4, -0.2) is 19.0 Å². The fraction of sp³-hybridized carbons (Fsp3) is 0.562. The number of carbonyl (C=O) groups is 1. The van der Waals surface area contributed by atoms with Gasteiger partial charge in [-0.2, -0.15) is 0 Å². The third-order valence-electron chi connectivity index (χ3n) is 4.05. The zero-order valence-electron chi connectivity index (χ0n) is 12.5. The Labute approximate surface area is 127 Å². The largest absolute Gasteiger partial charge is 0.352 e. The molecule has 0 spiro atoms. The second-order valence-corrected chi connectivity index (χ2v) is 5.82. The molecule has 2 rings (SSSR count). The van der Waals surface area contributed by atoms with E-state index in [-0.39, 0.29) is 24.2 Å². The minimum atomic E-state index is 0. The van der Waals surface area contributed by atoms with Crippen LogP contribution < -0.4 is 10.6 Å². The molecule has 0 aliphatic carbocycles. The van der Waals surface area contributed by atoms with Gasteiger partial charge in [0.1, 0.15) is 0 Å². The molecule has 1 amide bonds. The summed E-state index contributed by atoms with van der Waals surface area (Å²) in [5.41, 5.74) is 2.50. The first-order valence-corrected chi connectivity index (χ1v) is 7.15. The highest BCUT2D eigenvalue weighted by Crippen LogP contribution is 2.17. The maximum Gasteiger partial charge on any atom is 0.223 e. The van der Waals surface area contributed by atoms with Crippen molar-refractivity contribution in [3.8, 4) is 0 Å². The van der Waals surface area contributed by atoms with Crippen LogP contribution in [0.2, 0.25) is 0 Å². The molecule has 1 aromatic carbocycles. The molecule has 3 nitrogen and oxygen atoms in total. The zero-order chi connectivity index (χ0) is 13.8. The number of amides is 1. The fourth-order valence-corrected chi connectivity index (χ4v) is 2.25. The van der Waals surface area contributed by atoms with Crippen molar-refractivity contribution in [2.75, 3.05) is 13.1 Å². The molecule has 0 aromatic heterocycles. The fourth-order valence-electron chi connectivity index (χ4n) is 2.25. The lowest BCUT2D eigenvalue weighted by molar-refractivity contribution is -0.126. The maximum atomic E-state index is 12.0. The molecule has 1 unspecified atom stereocenters. The second kappa shape index (κ2) is 7.65. The summed E-state index contributed by atoms with van der Waals surface area (Å²) in [7, 11) is 0. The Hall–Kier alpha value is -1.06. The van der Waals surface area contributed by atoms with Crippen molar-refractivity contribution in [3.05, 3.63) is 35.4 Å². The summed E-state index contributed by atoms with van der Waals surface area (Å²) in [5.74, 6) is 1.33. The monoisotopic (exact) mass is 296 g/mol. The number of halogens is 1. The summed E-state index contributed by atoms with van der Waals surface area (Å²) in [6.45, 7) is 8.95. The molecular formula is C16H25ClN2O. The molecule has 1 aromatic rings. The Bertz CT molecular complexity index is 427. The Morgan fingerprint density at radius 2 is 1.85 bits per heavy atom. The van der Waals surface area contributed by atoms with E-state index in [4.69, 9.17) is 0 Å². The van der Waals surface area contributed by atoms with E-state index in [0.29, 0.717) is 18.4 Å². The standard InChI is InChI=1S/C16H24N2O.ClH/c1-11(2)14-6-4-13(5-7-14)8-18-16(19)12(3)15-9-17-10-15;/h4-7,11-12,15,17H,8-10H2,1-3H3,(H,18,19);1H. The van der Waals surface area contributed by atoms with Crippen molar-refractivity contribution in [1.82, 2.24) is 10.6 Å². The molecule has 20 heavy (non-hydrogen) atoms. The number of hydrogen-bond acceptors (Lipinski definition) is 2. The lowest BCUT2D eigenvalue weighted by atomic mass is 9.88. The van der Waals surface area contributed by atoms with E-state index in [1.54, 1.807) is 0 Å². The minimum Gasteiger partial charge on any atom is -0.352 e. The topological polar surface area (TPSA) is 41.1 Å². The maximum absolute atomic E-state index is 12.0. The van der Waals surface area contributed by atoms with Crippen LogP contribution in [0.1, 0.15) is 37.8 Å². The summed E-state index contributed by atoms with van der Waals surface area (Å²) in [6, 6.07) is 8.49. The van der Waals surface area contributed by atoms with Crippen molar-refractivity contribution < 1.29 is 4.79 Å². The Morgan fingerprint density at radius 3 is 2.30 bits per heavy atom. The van der Waals surface area contributed by atoms with Crippen LogP contribution in [0.5, 0.6) is 0 Å². The van der Waals surface area contributed by atoms with Crippen LogP contribution in [0, 0.1) is 11.8 Å². The molecule has 4 heteroatoms. The summed E-state index contributed by atoms with van der Waals surface area (Å²) in [4.78, 5) is 12.0. The van der Waals surface area contributed by atoms with Crippen molar-refractivity contribution in [2.45, 2.75) is 33.2 Å². The average Bonchev–Trinajstić information content (AvgIpc) is 2.34. The first-order valence-electron chi connectivity index (χ1n) is 7.15. The van der Waals surface area contributed by atoms with Crippen molar-refractivity contribution in [2.24, 2.45) is 11.8 Å². The van der Waals surface area contributed by atoms with Gasteiger partial charge in [0.25, 0.3) is 0 Å². The van der Waals surface area contributed by atoms with Gasteiger partial charge in [0.15, 0.2) is 0 Å². The summed E-state index contributed by atoms with van der Waals surface area (Å²) in [5, 5.41) is 6.24. The summed E-state index contributed by atoms with van der Waals surface area (Å²) < 4.78 is 0. The third kappa shape index (κ3) is 4.22. The van der Waals surface area contributed by atoms with Gasteiger partial charge in [-0.1, -0.05) is 45.0 Å². The number of nitrogens with one attached hydrogen (secondary N) is 2. The smallest absolute Gasteiger partial charge is 0.223 e. The van der Waals surface area contributed by atoms with Crippen LogP contribution >= 0.6 is 12.4 Å². The van der Waals surface area contributed by atoms with Gasteiger partial charge in [-0.3, -0.25) is 4.79 Å². The highest BCUT2D eigenvalue weighted by atomic mass is 35.5. The molecule has 0 radical (unpaired) electrons. The number of benzene rings is 1. The highest BCUT2D eigenvalue weighted by Gasteiger charge is 2.28. The van der Waals surface area contributed by atoms with E-state index in [9.17, 15) is 4.79 Å². The zero-order valence-corrected chi connectivity index (χ0v) is 13.3. The van der Waals surface area contributed by atoms with Crippen LogP contribution in [-0.2, 0) is 11.3 Å². The molecule has 112 valence electrons. The van der Waals surface area contributed by atoms with E-state index in [2.05, 4.69) is 48.7 Å². The molecule has 0 saturated carbocycles. The molecule has 2 N–H and O–H groups in total. The third-order valence-corrected chi connectivity index (χ3v) is 4.05. The Morgan fingerprint density at radius 1 is 1.25 bits per heavy atom. The SMILES string of the molecule is CC(C)c1ccc(CNC(=O)C(C)C2CNC2)cc1.Cl. The molecule has 1 aliphatic rings. The van der Waals surface area contributed by atoms with E-state index in [1.807, 2.05) is 6.92 Å². The highest BCUT2D eigenvalue weighted by molar-refractivity contribution is 5.85. The first kappa shape index (κ1) is 17.0. The van der Waals surface area contributed by atoms with Crippen LogP contribution in [0.4, 0.5) is 0 Å². The van der Waals surface area contributed by atoms with Gasteiger partial charge in [-0.25, -0.2) is 0 Å². The average molecular weight is 297 g/mol. The lowest BCUT2D eigenvalue weighted by Crippen LogP contribution is -2.49.